The second-order valence-electron chi connectivity index (χ2n) is 6.46. The molecular weight excluding hydrogens is 342 g/mol. The standard InChI is InChI=1S/C18H23NO7/c1-18(2,3)17(23)19-7-6-14(20)26-13-9-11(15(21)24-4)8-12(10-13)16(22)25-5/h8-10H,6-7H2,1-5H3,(H,19,23). The van der Waals surface area contributed by atoms with Gasteiger partial charge in [-0.25, -0.2) is 9.59 Å². The molecule has 1 aromatic rings. The quantitative estimate of drug-likeness (QED) is 0.604. The zero-order valence-corrected chi connectivity index (χ0v) is 15.5. The molecule has 0 radical (unpaired) electrons. The number of hydrogen-bond donors (Lipinski definition) is 1. The summed E-state index contributed by atoms with van der Waals surface area (Å²) in [6, 6.07) is 3.84. The van der Waals surface area contributed by atoms with Gasteiger partial charge in [0.15, 0.2) is 0 Å². The van der Waals surface area contributed by atoms with E-state index in [9.17, 15) is 19.2 Å². The van der Waals surface area contributed by atoms with Crippen LogP contribution in [0.2, 0.25) is 0 Å². The Hall–Kier alpha value is -2.90. The Labute approximate surface area is 151 Å². The van der Waals surface area contributed by atoms with Crippen LogP contribution >= 0.6 is 0 Å². The van der Waals surface area contributed by atoms with Gasteiger partial charge in [0, 0.05) is 12.0 Å². The van der Waals surface area contributed by atoms with Crippen LogP contribution in [0.15, 0.2) is 18.2 Å². The molecule has 142 valence electrons. The SMILES string of the molecule is COC(=O)c1cc(OC(=O)CCNC(=O)C(C)(C)C)cc(C(=O)OC)c1. The average Bonchev–Trinajstić information content (AvgIpc) is 2.58. The highest BCUT2D eigenvalue weighted by Crippen LogP contribution is 2.19. The summed E-state index contributed by atoms with van der Waals surface area (Å²) in [6.45, 7) is 5.38. The van der Waals surface area contributed by atoms with Gasteiger partial charge in [-0.05, 0) is 18.2 Å². The summed E-state index contributed by atoms with van der Waals surface area (Å²) in [5, 5.41) is 2.63. The maximum atomic E-state index is 11.9. The monoisotopic (exact) mass is 365 g/mol. The van der Waals surface area contributed by atoms with Gasteiger partial charge in [0.1, 0.15) is 5.75 Å². The van der Waals surface area contributed by atoms with E-state index in [0.29, 0.717) is 0 Å². The second kappa shape index (κ2) is 8.98. The largest absolute Gasteiger partial charge is 0.465 e. The van der Waals surface area contributed by atoms with Crippen molar-refractivity contribution in [2.75, 3.05) is 20.8 Å². The third-order valence-electron chi connectivity index (χ3n) is 3.28. The molecule has 1 N–H and O–H groups in total. The number of ether oxygens (including phenoxy) is 3. The minimum absolute atomic E-state index is 0.000415. The zero-order chi connectivity index (χ0) is 19.9. The number of methoxy groups -OCH3 is 2. The molecule has 0 saturated heterocycles. The number of nitrogens with one attached hydrogen (secondary N) is 1. The number of benzene rings is 1. The second-order valence-corrected chi connectivity index (χ2v) is 6.46. The molecular formula is C18H23NO7. The van der Waals surface area contributed by atoms with Crippen LogP contribution in [0.3, 0.4) is 0 Å². The molecule has 0 aliphatic heterocycles. The van der Waals surface area contributed by atoms with Crippen molar-refractivity contribution in [1.82, 2.24) is 5.32 Å². The van der Waals surface area contributed by atoms with E-state index >= 15 is 0 Å². The number of carbonyl (C=O) groups excluding carboxylic acids is 4. The lowest BCUT2D eigenvalue weighted by molar-refractivity contribution is -0.134. The fraction of sp³-hybridized carbons (Fsp3) is 0.444. The Balaban J connectivity index is 2.81. The van der Waals surface area contributed by atoms with Crippen LogP contribution in [0.4, 0.5) is 0 Å². The molecule has 0 heterocycles. The van der Waals surface area contributed by atoms with E-state index in [0.717, 1.165) is 0 Å². The van der Waals surface area contributed by atoms with Gasteiger partial charge < -0.3 is 19.5 Å². The Morgan fingerprint density at radius 1 is 0.923 bits per heavy atom. The first-order valence-corrected chi connectivity index (χ1v) is 7.89. The average molecular weight is 365 g/mol. The third-order valence-corrected chi connectivity index (χ3v) is 3.28. The molecule has 0 aliphatic rings. The first-order chi connectivity index (χ1) is 12.1. The maximum absolute atomic E-state index is 11.9. The van der Waals surface area contributed by atoms with Crippen molar-refractivity contribution < 1.29 is 33.4 Å². The van der Waals surface area contributed by atoms with Gasteiger partial charge in [0.2, 0.25) is 5.91 Å². The van der Waals surface area contributed by atoms with E-state index in [4.69, 9.17) is 4.74 Å². The van der Waals surface area contributed by atoms with Gasteiger partial charge in [-0.3, -0.25) is 9.59 Å². The molecule has 0 atom stereocenters. The zero-order valence-electron chi connectivity index (χ0n) is 15.5. The Morgan fingerprint density at radius 2 is 1.42 bits per heavy atom. The molecule has 1 aromatic carbocycles. The van der Waals surface area contributed by atoms with Crippen LogP contribution < -0.4 is 10.1 Å². The molecule has 0 aromatic heterocycles. The summed E-state index contributed by atoms with van der Waals surface area (Å²) < 4.78 is 14.4. The van der Waals surface area contributed by atoms with Crippen molar-refractivity contribution in [2.45, 2.75) is 27.2 Å². The lowest BCUT2D eigenvalue weighted by atomic mass is 9.96. The highest BCUT2D eigenvalue weighted by Gasteiger charge is 2.21. The van der Waals surface area contributed by atoms with Crippen molar-refractivity contribution >= 4 is 23.8 Å². The number of amides is 1. The van der Waals surface area contributed by atoms with Crippen LogP contribution in [-0.4, -0.2) is 44.6 Å². The van der Waals surface area contributed by atoms with E-state index in [-0.39, 0.29) is 35.7 Å². The van der Waals surface area contributed by atoms with Crippen LogP contribution in [0.1, 0.15) is 47.9 Å². The molecule has 1 rings (SSSR count). The molecule has 0 fully saturated rings. The number of esters is 3. The van der Waals surface area contributed by atoms with Crippen molar-refractivity contribution in [2.24, 2.45) is 5.41 Å². The Bertz CT molecular complexity index is 670. The third kappa shape index (κ3) is 6.19. The van der Waals surface area contributed by atoms with Crippen LogP contribution in [0.25, 0.3) is 0 Å². The first-order valence-electron chi connectivity index (χ1n) is 7.89. The summed E-state index contributed by atoms with van der Waals surface area (Å²) in [6.07, 6.45) is -0.0716. The first kappa shape index (κ1) is 21.1. The highest BCUT2D eigenvalue weighted by atomic mass is 16.5. The highest BCUT2D eigenvalue weighted by molar-refractivity contribution is 5.96. The Kier molecular flexibility index (Phi) is 7.30. The number of rotatable bonds is 6. The number of hydrogen-bond acceptors (Lipinski definition) is 7. The van der Waals surface area contributed by atoms with Crippen LogP contribution in [0, 0.1) is 5.41 Å². The Morgan fingerprint density at radius 3 is 1.85 bits per heavy atom. The molecule has 0 bridgehead atoms. The molecule has 0 aliphatic carbocycles. The van der Waals surface area contributed by atoms with Gasteiger partial charge in [-0.2, -0.15) is 0 Å². The number of carbonyl (C=O) groups is 4. The van der Waals surface area contributed by atoms with E-state index < -0.39 is 23.3 Å². The molecule has 26 heavy (non-hydrogen) atoms. The molecule has 8 heteroatoms. The van der Waals surface area contributed by atoms with E-state index in [1.54, 1.807) is 20.8 Å². The van der Waals surface area contributed by atoms with Gasteiger partial charge in [0.25, 0.3) is 0 Å². The molecule has 0 spiro atoms. The fourth-order valence-corrected chi connectivity index (χ4v) is 1.86. The van der Waals surface area contributed by atoms with Gasteiger partial charge in [-0.1, -0.05) is 20.8 Å². The van der Waals surface area contributed by atoms with Crippen molar-refractivity contribution in [3.8, 4) is 5.75 Å². The molecule has 0 saturated carbocycles. The van der Waals surface area contributed by atoms with Crippen molar-refractivity contribution in [1.29, 1.82) is 0 Å². The van der Waals surface area contributed by atoms with Gasteiger partial charge in [0.05, 0.1) is 31.8 Å². The van der Waals surface area contributed by atoms with Gasteiger partial charge >= 0.3 is 17.9 Å². The predicted molar refractivity (Wildman–Crippen MR) is 91.8 cm³/mol. The molecule has 8 nitrogen and oxygen atoms in total. The maximum Gasteiger partial charge on any atom is 0.338 e. The van der Waals surface area contributed by atoms with E-state index in [2.05, 4.69) is 14.8 Å². The van der Waals surface area contributed by atoms with Crippen molar-refractivity contribution in [3.05, 3.63) is 29.3 Å². The minimum Gasteiger partial charge on any atom is -0.465 e. The summed E-state index contributed by atoms with van der Waals surface area (Å²) in [7, 11) is 2.38. The van der Waals surface area contributed by atoms with E-state index in [1.807, 2.05) is 0 Å². The molecule has 1 amide bonds. The normalized spacial score (nSPS) is 10.7. The van der Waals surface area contributed by atoms with E-state index in [1.165, 1.54) is 32.4 Å². The fourth-order valence-electron chi connectivity index (χ4n) is 1.86. The smallest absolute Gasteiger partial charge is 0.338 e. The van der Waals surface area contributed by atoms with Crippen LogP contribution in [-0.2, 0) is 19.1 Å². The minimum atomic E-state index is -0.689. The summed E-state index contributed by atoms with van der Waals surface area (Å²) in [4.78, 5) is 47.1. The topological polar surface area (TPSA) is 108 Å². The van der Waals surface area contributed by atoms with Crippen molar-refractivity contribution in [3.63, 3.8) is 0 Å². The van der Waals surface area contributed by atoms with Crippen LogP contribution in [0.5, 0.6) is 5.75 Å². The lowest BCUT2D eigenvalue weighted by Gasteiger charge is -2.17. The lowest BCUT2D eigenvalue weighted by Crippen LogP contribution is -2.36. The summed E-state index contributed by atoms with van der Waals surface area (Å²) >= 11 is 0. The predicted octanol–water partition coefficient (Wildman–Crippen LogP) is 1.72. The molecule has 0 unspecified atom stereocenters. The summed E-state index contributed by atoms with van der Waals surface area (Å²) in [5.41, 5.74) is -0.479. The summed E-state index contributed by atoms with van der Waals surface area (Å²) in [5.74, 6) is -2.19. The van der Waals surface area contributed by atoms with Gasteiger partial charge in [-0.15, -0.1) is 0 Å².